The second kappa shape index (κ2) is 8.05. The van der Waals surface area contributed by atoms with Crippen LogP contribution in [0.25, 0.3) is 11.5 Å². The summed E-state index contributed by atoms with van der Waals surface area (Å²) < 4.78 is 15.9. The molecule has 2 amide bonds. The predicted molar refractivity (Wildman–Crippen MR) is 105 cm³/mol. The van der Waals surface area contributed by atoms with E-state index in [4.69, 9.17) is 14.0 Å². The Bertz CT molecular complexity index is 1120. The molecule has 3 aromatic rings. The molecule has 0 saturated carbocycles. The summed E-state index contributed by atoms with van der Waals surface area (Å²) in [6, 6.07) is 10.9. The Morgan fingerprint density at radius 1 is 1.19 bits per heavy atom. The van der Waals surface area contributed by atoms with Gasteiger partial charge in [-0.05, 0) is 30.3 Å². The third kappa shape index (κ3) is 4.04. The number of amides is 2. The summed E-state index contributed by atoms with van der Waals surface area (Å²) >= 11 is 0. The molecular formula is C21H19N5O5. The lowest BCUT2D eigenvalue weighted by atomic mass is 10.1. The van der Waals surface area contributed by atoms with Gasteiger partial charge in [-0.3, -0.25) is 14.6 Å². The van der Waals surface area contributed by atoms with E-state index in [1.165, 1.54) is 0 Å². The van der Waals surface area contributed by atoms with Gasteiger partial charge in [-0.15, -0.1) is 0 Å². The fraction of sp³-hybridized carbons (Fsp3) is 0.286. The first-order chi connectivity index (χ1) is 15.2. The van der Waals surface area contributed by atoms with Gasteiger partial charge < -0.3 is 24.2 Å². The summed E-state index contributed by atoms with van der Waals surface area (Å²) in [6.07, 6.45) is 1.86. The van der Waals surface area contributed by atoms with Crippen molar-refractivity contribution in [2.24, 2.45) is 5.92 Å². The second-order valence-electron chi connectivity index (χ2n) is 7.30. The molecule has 5 rings (SSSR count). The molecule has 1 N–H and O–H groups in total. The molecule has 10 nitrogen and oxygen atoms in total. The zero-order chi connectivity index (χ0) is 21.2. The number of hydrogen-bond acceptors (Lipinski definition) is 8. The minimum Gasteiger partial charge on any atom is -0.454 e. The fourth-order valence-electron chi connectivity index (χ4n) is 3.57. The maximum atomic E-state index is 12.5. The van der Waals surface area contributed by atoms with E-state index in [0.717, 1.165) is 5.69 Å². The van der Waals surface area contributed by atoms with Gasteiger partial charge in [0.1, 0.15) is 0 Å². The molecule has 1 aromatic carbocycles. The SMILES string of the molecule is O=C(NCc1noc(-c2ccc3c(c2)OCO3)n1)C1CC(=O)N(Cc2ccccn2)C1. The number of benzene rings is 1. The highest BCUT2D eigenvalue weighted by molar-refractivity contribution is 5.89. The monoisotopic (exact) mass is 421 g/mol. The molecule has 10 heteroatoms. The number of rotatable bonds is 6. The Hall–Kier alpha value is -3.95. The zero-order valence-electron chi connectivity index (χ0n) is 16.5. The molecule has 158 valence electrons. The van der Waals surface area contributed by atoms with Crippen LogP contribution in [-0.4, -0.2) is 45.2 Å². The number of nitrogens with one attached hydrogen (secondary N) is 1. The normalized spacial score (nSPS) is 17.2. The van der Waals surface area contributed by atoms with E-state index in [-0.39, 0.29) is 31.6 Å². The Balaban J connectivity index is 1.16. The molecule has 2 aliphatic heterocycles. The number of aromatic nitrogens is 3. The van der Waals surface area contributed by atoms with Crippen LogP contribution in [0, 0.1) is 5.92 Å². The predicted octanol–water partition coefficient (Wildman–Crippen LogP) is 1.53. The van der Waals surface area contributed by atoms with Gasteiger partial charge in [0, 0.05) is 24.7 Å². The summed E-state index contributed by atoms with van der Waals surface area (Å²) in [7, 11) is 0. The molecule has 1 unspecified atom stereocenters. The highest BCUT2D eigenvalue weighted by atomic mass is 16.7. The summed E-state index contributed by atoms with van der Waals surface area (Å²) in [4.78, 5) is 35.0. The van der Waals surface area contributed by atoms with Crippen LogP contribution in [0.3, 0.4) is 0 Å². The maximum absolute atomic E-state index is 12.5. The third-order valence-electron chi connectivity index (χ3n) is 5.17. The zero-order valence-corrected chi connectivity index (χ0v) is 16.5. The topological polar surface area (TPSA) is 120 Å². The number of carbonyl (C=O) groups excluding carboxylic acids is 2. The van der Waals surface area contributed by atoms with Gasteiger partial charge in [-0.2, -0.15) is 4.98 Å². The van der Waals surface area contributed by atoms with Crippen molar-refractivity contribution >= 4 is 11.8 Å². The second-order valence-corrected chi connectivity index (χ2v) is 7.30. The van der Waals surface area contributed by atoms with E-state index in [0.29, 0.717) is 41.9 Å². The number of hydrogen-bond donors (Lipinski definition) is 1. The molecule has 0 bridgehead atoms. The van der Waals surface area contributed by atoms with E-state index in [1.54, 1.807) is 29.3 Å². The Morgan fingerprint density at radius 3 is 2.97 bits per heavy atom. The molecule has 1 fully saturated rings. The van der Waals surface area contributed by atoms with Crippen molar-refractivity contribution in [3.8, 4) is 23.0 Å². The van der Waals surface area contributed by atoms with Crippen molar-refractivity contribution in [1.29, 1.82) is 0 Å². The molecule has 4 heterocycles. The van der Waals surface area contributed by atoms with Crippen LogP contribution in [-0.2, 0) is 22.7 Å². The first kappa shape index (κ1) is 19.0. The van der Waals surface area contributed by atoms with E-state index in [1.807, 2.05) is 18.2 Å². The largest absolute Gasteiger partial charge is 0.454 e. The molecule has 1 saturated heterocycles. The van der Waals surface area contributed by atoms with Gasteiger partial charge in [-0.1, -0.05) is 11.2 Å². The molecule has 1 atom stereocenters. The van der Waals surface area contributed by atoms with Crippen LogP contribution >= 0.6 is 0 Å². The maximum Gasteiger partial charge on any atom is 0.258 e. The summed E-state index contributed by atoms with van der Waals surface area (Å²) in [6.45, 7) is 1.05. The molecule has 2 aromatic heterocycles. The number of fused-ring (bicyclic) bond motifs is 1. The van der Waals surface area contributed by atoms with E-state index >= 15 is 0 Å². The number of likely N-dealkylation sites (tertiary alicyclic amines) is 1. The minimum atomic E-state index is -0.420. The summed E-state index contributed by atoms with van der Waals surface area (Å²) in [5.74, 6) is 1.25. The number of carbonyl (C=O) groups is 2. The van der Waals surface area contributed by atoms with Crippen LogP contribution in [0.2, 0.25) is 0 Å². The van der Waals surface area contributed by atoms with E-state index in [9.17, 15) is 9.59 Å². The average Bonchev–Trinajstić information content (AvgIpc) is 3.52. The van der Waals surface area contributed by atoms with Crippen LogP contribution < -0.4 is 14.8 Å². The fourth-order valence-corrected chi connectivity index (χ4v) is 3.57. The Labute approximate surface area is 177 Å². The van der Waals surface area contributed by atoms with Crippen LogP contribution in [0.4, 0.5) is 0 Å². The first-order valence-corrected chi connectivity index (χ1v) is 9.84. The van der Waals surface area contributed by atoms with Crippen LogP contribution in [0.15, 0.2) is 47.1 Å². The van der Waals surface area contributed by atoms with Gasteiger partial charge in [0.15, 0.2) is 17.3 Å². The Morgan fingerprint density at radius 2 is 2.10 bits per heavy atom. The quantitative estimate of drug-likeness (QED) is 0.636. The van der Waals surface area contributed by atoms with E-state index in [2.05, 4.69) is 20.4 Å². The Kier molecular flexibility index (Phi) is 4.95. The lowest BCUT2D eigenvalue weighted by Gasteiger charge is -2.15. The lowest BCUT2D eigenvalue weighted by Crippen LogP contribution is -2.32. The van der Waals surface area contributed by atoms with Gasteiger partial charge in [0.05, 0.1) is 24.7 Å². The van der Waals surface area contributed by atoms with Crippen LogP contribution in [0.1, 0.15) is 17.9 Å². The smallest absolute Gasteiger partial charge is 0.258 e. The van der Waals surface area contributed by atoms with Gasteiger partial charge in [0.2, 0.25) is 18.6 Å². The highest BCUT2D eigenvalue weighted by Gasteiger charge is 2.34. The minimum absolute atomic E-state index is 0.0598. The van der Waals surface area contributed by atoms with Crippen molar-refractivity contribution < 1.29 is 23.6 Å². The van der Waals surface area contributed by atoms with Crippen molar-refractivity contribution in [3.05, 3.63) is 54.1 Å². The highest BCUT2D eigenvalue weighted by Crippen LogP contribution is 2.35. The van der Waals surface area contributed by atoms with Crippen LogP contribution in [0.5, 0.6) is 11.5 Å². The summed E-state index contributed by atoms with van der Waals surface area (Å²) in [5, 5.41) is 6.70. The van der Waals surface area contributed by atoms with Crippen molar-refractivity contribution in [2.75, 3.05) is 13.3 Å². The van der Waals surface area contributed by atoms with Gasteiger partial charge in [0.25, 0.3) is 5.89 Å². The number of pyridine rings is 1. The average molecular weight is 421 g/mol. The molecule has 0 aliphatic carbocycles. The van der Waals surface area contributed by atoms with Crippen molar-refractivity contribution in [2.45, 2.75) is 19.5 Å². The van der Waals surface area contributed by atoms with Gasteiger partial charge in [-0.25, -0.2) is 0 Å². The molecule has 0 spiro atoms. The number of nitrogens with zero attached hydrogens (tertiary/aromatic N) is 4. The third-order valence-corrected chi connectivity index (χ3v) is 5.17. The van der Waals surface area contributed by atoms with Crippen molar-refractivity contribution in [1.82, 2.24) is 25.3 Å². The number of ether oxygens (including phenoxy) is 2. The molecule has 0 radical (unpaired) electrons. The first-order valence-electron chi connectivity index (χ1n) is 9.84. The standard InChI is InChI=1S/C21H19N5O5/c27-19-8-14(10-26(19)11-15-3-1-2-6-22-15)20(28)23-9-18-24-21(31-25-18)13-4-5-16-17(7-13)30-12-29-16/h1-7,14H,8-12H2,(H,23,28). The van der Waals surface area contributed by atoms with E-state index < -0.39 is 5.92 Å². The molecular weight excluding hydrogens is 402 g/mol. The summed E-state index contributed by atoms with van der Waals surface area (Å²) in [5.41, 5.74) is 1.49. The molecule has 2 aliphatic rings. The molecule has 31 heavy (non-hydrogen) atoms. The lowest BCUT2D eigenvalue weighted by molar-refractivity contribution is -0.129. The van der Waals surface area contributed by atoms with Gasteiger partial charge >= 0.3 is 0 Å². The van der Waals surface area contributed by atoms with Crippen molar-refractivity contribution in [3.63, 3.8) is 0 Å².